The van der Waals surface area contributed by atoms with E-state index in [1.165, 1.54) is 0 Å². The number of carbonyl (C=O) groups excluding carboxylic acids is 1. The summed E-state index contributed by atoms with van der Waals surface area (Å²) in [5.41, 5.74) is -1.42. The predicted molar refractivity (Wildman–Crippen MR) is 70.2 cm³/mol. The average molecular weight is 307 g/mol. The molecular formula is C12H16F3N3OS. The van der Waals surface area contributed by atoms with Gasteiger partial charge in [0.2, 0.25) is 5.91 Å². The van der Waals surface area contributed by atoms with E-state index in [0.717, 1.165) is 24.0 Å². The molecule has 0 aliphatic rings. The minimum atomic E-state index is -4.52. The van der Waals surface area contributed by atoms with Gasteiger partial charge in [-0.1, -0.05) is 11.8 Å². The zero-order valence-corrected chi connectivity index (χ0v) is 12.4. The van der Waals surface area contributed by atoms with Crippen LogP contribution in [0.4, 0.5) is 13.2 Å². The molecule has 0 aliphatic carbocycles. The number of carbonyl (C=O) groups is 1. The number of thioether (sulfide) groups is 1. The molecule has 1 amide bonds. The Hall–Kier alpha value is -1.31. The summed E-state index contributed by atoms with van der Waals surface area (Å²) >= 11 is 0.888. The summed E-state index contributed by atoms with van der Waals surface area (Å²) in [4.78, 5) is 19.0. The molecule has 0 saturated carbocycles. The molecular weight excluding hydrogens is 291 g/mol. The quantitative estimate of drug-likeness (QED) is 0.689. The fraction of sp³-hybridized carbons (Fsp3) is 0.583. The van der Waals surface area contributed by atoms with Crippen molar-refractivity contribution >= 4 is 17.7 Å². The molecule has 0 fully saturated rings. The van der Waals surface area contributed by atoms with Crippen molar-refractivity contribution in [2.75, 3.05) is 0 Å². The van der Waals surface area contributed by atoms with Crippen molar-refractivity contribution in [3.8, 4) is 0 Å². The van der Waals surface area contributed by atoms with Crippen molar-refractivity contribution < 1.29 is 18.0 Å². The largest absolute Gasteiger partial charge is 0.433 e. The molecule has 8 heteroatoms. The molecule has 0 saturated heterocycles. The molecule has 20 heavy (non-hydrogen) atoms. The van der Waals surface area contributed by atoms with Gasteiger partial charge in [0.25, 0.3) is 0 Å². The highest BCUT2D eigenvalue weighted by atomic mass is 32.2. The van der Waals surface area contributed by atoms with Crippen LogP contribution in [-0.2, 0) is 11.0 Å². The zero-order valence-electron chi connectivity index (χ0n) is 11.6. The van der Waals surface area contributed by atoms with E-state index in [0.29, 0.717) is 0 Å². The highest BCUT2D eigenvalue weighted by Gasteiger charge is 2.33. The van der Waals surface area contributed by atoms with E-state index in [4.69, 9.17) is 0 Å². The second-order valence-electron chi connectivity index (χ2n) is 5.22. The predicted octanol–water partition coefficient (Wildman–Crippen LogP) is 2.89. The van der Waals surface area contributed by atoms with Crippen molar-refractivity contribution in [3.05, 3.63) is 18.0 Å². The maximum absolute atomic E-state index is 12.5. The van der Waals surface area contributed by atoms with Crippen LogP contribution >= 0.6 is 11.8 Å². The molecule has 0 unspecified atom stereocenters. The molecule has 1 heterocycles. The highest BCUT2D eigenvalue weighted by Crippen LogP contribution is 2.29. The first-order chi connectivity index (χ1) is 8.99. The minimum absolute atomic E-state index is 0.0728. The number of halogens is 3. The van der Waals surface area contributed by atoms with Gasteiger partial charge >= 0.3 is 6.18 Å². The Balaban J connectivity index is 2.76. The number of aromatic nitrogens is 2. The third-order valence-electron chi connectivity index (χ3n) is 2.07. The molecule has 0 aliphatic heterocycles. The maximum atomic E-state index is 12.5. The Bertz CT molecular complexity index is 486. The van der Waals surface area contributed by atoms with E-state index >= 15 is 0 Å². The first-order valence-electron chi connectivity index (χ1n) is 5.88. The fourth-order valence-electron chi connectivity index (χ4n) is 1.24. The van der Waals surface area contributed by atoms with E-state index < -0.39 is 22.7 Å². The maximum Gasteiger partial charge on any atom is 0.433 e. The highest BCUT2D eigenvalue weighted by molar-refractivity contribution is 8.00. The summed E-state index contributed by atoms with van der Waals surface area (Å²) in [7, 11) is 0. The van der Waals surface area contributed by atoms with Crippen LogP contribution in [0.2, 0.25) is 0 Å². The molecule has 1 rings (SSSR count). The number of hydrogen-bond donors (Lipinski definition) is 1. The number of amides is 1. The summed E-state index contributed by atoms with van der Waals surface area (Å²) in [6.07, 6.45) is -3.48. The Morgan fingerprint density at radius 1 is 1.35 bits per heavy atom. The SMILES string of the molecule is C[C@H](Sc1nccc(C(F)(F)F)n1)C(=O)NC(C)(C)C. The topological polar surface area (TPSA) is 54.9 Å². The lowest BCUT2D eigenvalue weighted by atomic mass is 10.1. The van der Waals surface area contributed by atoms with Crippen LogP contribution in [0.25, 0.3) is 0 Å². The monoisotopic (exact) mass is 307 g/mol. The molecule has 0 bridgehead atoms. The van der Waals surface area contributed by atoms with E-state index in [2.05, 4.69) is 15.3 Å². The van der Waals surface area contributed by atoms with Gasteiger partial charge in [-0.15, -0.1) is 0 Å². The lowest BCUT2D eigenvalue weighted by molar-refractivity contribution is -0.141. The molecule has 1 aromatic rings. The molecule has 1 aromatic heterocycles. The molecule has 1 N–H and O–H groups in total. The Morgan fingerprint density at radius 2 is 1.95 bits per heavy atom. The molecule has 0 spiro atoms. The first kappa shape index (κ1) is 16.7. The standard InChI is InChI=1S/C12H16F3N3OS/c1-7(9(19)18-11(2,3)4)20-10-16-6-5-8(17-10)12(13,14)15/h5-7H,1-4H3,(H,18,19)/t7-/m0/s1. The number of hydrogen-bond acceptors (Lipinski definition) is 4. The van der Waals surface area contributed by atoms with E-state index in [9.17, 15) is 18.0 Å². The number of alkyl halides is 3. The number of nitrogens with one attached hydrogen (secondary N) is 1. The summed E-state index contributed by atoms with van der Waals surface area (Å²) in [6, 6.07) is 0.796. The van der Waals surface area contributed by atoms with Gasteiger partial charge in [-0.25, -0.2) is 9.97 Å². The van der Waals surface area contributed by atoms with Crippen LogP contribution in [0.5, 0.6) is 0 Å². The van der Waals surface area contributed by atoms with Gasteiger partial charge in [-0.05, 0) is 33.8 Å². The van der Waals surface area contributed by atoms with E-state index in [1.54, 1.807) is 6.92 Å². The van der Waals surface area contributed by atoms with E-state index in [-0.39, 0.29) is 11.1 Å². The van der Waals surface area contributed by atoms with Crippen LogP contribution in [0.3, 0.4) is 0 Å². The van der Waals surface area contributed by atoms with E-state index in [1.807, 2.05) is 20.8 Å². The number of nitrogens with zero attached hydrogens (tertiary/aromatic N) is 2. The summed E-state index contributed by atoms with van der Waals surface area (Å²) in [6.45, 7) is 7.06. The Morgan fingerprint density at radius 3 is 2.45 bits per heavy atom. The van der Waals surface area contributed by atoms with Crippen LogP contribution in [0.15, 0.2) is 17.4 Å². The van der Waals surface area contributed by atoms with Gasteiger partial charge in [-0.3, -0.25) is 4.79 Å². The van der Waals surface area contributed by atoms with Crippen molar-refractivity contribution in [3.63, 3.8) is 0 Å². The van der Waals surface area contributed by atoms with Crippen LogP contribution in [0, 0.1) is 0 Å². The van der Waals surface area contributed by atoms with Crippen molar-refractivity contribution in [2.24, 2.45) is 0 Å². The smallest absolute Gasteiger partial charge is 0.351 e. The molecule has 4 nitrogen and oxygen atoms in total. The van der Waals surface area contributed by atoms with Gasteiger partial charge in [0, 0.05) is 11.7 Å². The third kappa shape index (κ3) is 5.36. The van der Waals surface area contributed by atoms with Crippen molar-refractivity contribution in [1.82, 2.24) is 15.3 Å². The number of rotatable bonds is 3. The van der Waals surface area contributed by atoms with Crippen molar-refractivity contribution in [1.29, 1.82) is 0 Å². The Labute approximate surface area is 119 Å². The third-order valence-corrected chi connectivity index (χ3v) is 3.05. The fourth-order valence-corrected chi connectivity index (χ4v) is 1.99. The second-order valence-corrected chi connectivity index (χ2v) is 6.53. The first-order valence-corrected chi connectivity index (χ1v) is 6.76. The normalized spacial score (nSPS) is 13.9. The lowest BCUT2D eigenvalue weighted by Crippen LogP contribution is -2.44. The van der Waals surface area contributed by atoms with Crippen LogP contribution in [0.1, 0.15) is 33.4 Å². The van der Waals surface area contributed by atoms with Crippen LogP contribution in [-0.4, -0.2) is 26.7 Å². The average Bonchev–Trinajstić information content (AvgIpc) is 2.25. The van der Waals surface area contributed by atoms with Gasteiger partial charge in [0.15, 0.2) is 5.16 Å². The summed E-state index contributed by atoms with van der Waals surface area (Å²) in [5.74, 6) is -0.275. The van der Waals surface area contributed by atoms with Gasteiger partial charge in [-0.2, -0.15) is 13.2 Å². The summed E-state index contributed by atoms with van der Waals surface area (Å²) in [5, 5.41) is 2.09. The van der Waals surface area contributed by atoms with Gasteiger partial charge in [0.1, 0.15) is 5.69 Å². The molecule has 1 atom stereocenters. The van der Waals surface area contributed by atoms with Crippen molar-refractivity contribution in [2.45, 2.75) is 49.8 Å². The molecule has 112 valence electrons. The minimum Gasteiger partial charge on any atom is -0.351 e. The molecule has 0 aromatic carbocycles. The zero-order chi connectivity index (χ0) is 15.6. The van der Waals surface area contributed by atoms with Gasteiger partial charge < -0.3 is 5.32 Å². The van der Waals surface area contributed by atoms with Crippen LogP contribution < -0.4 is 5.32 Å². The summed E-state index contributed by atoms with van der Waals surface area (Å²) < 4.78 is 37.5. The Kier molecular flexibility index (Phi) is 5.01. The second kappa shape index (κ2) is 5.99. The van der Waals surface area contributed by atoms with Gasteiger partial charge in [0.05, 0.1) is 5.25 Å². The lowest BCUT2D eigenvalue weighted by Gasteiger charge is -2.22. The molecule has 0 radical (unpaired) electrons.